The molecule has 0 saturated carbocycles. The second-order valence-corrected chi connectivity index (χ2v) is 6.45. The number of H-pyrrole nitrogens is 1. The molecule has 0 aliphatic carbocycles. The quantitative estimate of drug-likeness (QED) is 0.784. The topological polar surface area (TPSA) is 61.9 Å². The number of thiophene rings is 1. The second kappa shape index (κ2) is 5.82. The number of nitrogens with zero attached hydrogens (tertiary/aromatic N) is 3. The molecule has 3 aromatic heterocycles. The molecule has 0 atom stereocenters. The highest BCUT2D eigenvalue weighted by atomic mass is 32.1. The predicted octanol–water partition coefficient (Wildman–Crippen LogP) is 2.12. The molecular formula is C13H14N4OS2. The van der Waals surface area contributed by atoms with E-state index in [4.69, 9.17) is 0 Å². The number of fused-ring (bicyclic) bond motifs is 1. The lowest BCUT2D eigenvalue weighted by molar-refractivity contribution is 0.323. The summed E-state index contributed by atoms with van der Waals surface area (Å²) >= 11 is 2.95. The third-order valence-corrected chi connectivity index (χ3v) is 4.72. The molecule has 5 nitrogen and oxygen atoms in total. The maximum Gasteiger partial charge on any atom is 0.268 e. The Bertz CT molecular complexity index is 747. The Kier molecular flexibility index (Phi) is 3.90. The predicted molar refractivity (Wildman–Crippen MR) is 82.4 cm³/mol. The summed E-state index contributed by atoms with van der Waals surface area (Å²) in [4.78, 5) is 22.6. The second-order valence-electron chi connectivity index (χ2n) is 4.61. The smallest absolute Gasteiger partial charge is 0.268 e. The maximum atomic E-state index is 11.9. The van der Waals surface area contributed by atoms with Crippen molar-refractivity contribution in [1.82, 2.24) is 19.2 Å². The molecule has 3 heterocycles. The van der Waals surface area contributed by atoms with Gasteiger partial charge in [0.25, 0.3) is 5.56 Å². The number of hydrogen-bond donors (Lipinski definition) is 1. The Balaban J connectivity index is 1.67. The van der Waals surface area contributed by atoms with Crippen molar-refractivity contribution >= 4 is 33.1 Å². The lowest BCUT2D eigenvalue weighted by Crippen LogP contribution is -2.23. The monoisotopic (exact) mass is 306 g/mol. The van der Waals surface area contributed by atoms with Crippen molar-refractivity contribution in [2.75, 3.05) is 13.6 Å². The Morgan fingerprint density at radius 1 is 1.40 bits per heavy atom. The zero-order valence-electron chi connectivity index (χ0n) is 11.0. The first-order valence-electron chi connectivity index (χ1n) is 6.27. The molecule has 0 aliphatic rings. The van der Waals surface area contributed by atoms with Crippen LogP contribution in [0.2, 0.25) is 0 Å². The van der Waals surface area contributed by atoms with Gasteiger partial charge in [-0.15, -0.1) is 11.3 Å². The molecule has 0 unspecified atom stereocenters. The fourth-order valence-corrected chi connectivity index (χ4v) is 3.29. The number of likely N-dealkylation sites (N-methyl/N-ethyl adjacent to an activating group) is 1. The molecule has 0 saturated heterocycles. The number of aromatic nitrogens is 3. The van der Waals surface area contributed by atoms with Crippen LogP contribution in [0.4, 0.5) is 0 Å². The van der Waals surface area contributed by atoms with E-state index >= 15 is 0 Å². The number of nitrogens with one attached hydrogen (secondary N) is 1. The fourth-order valence-electron chi connectivity index (χ4n) is 2.00. The largest absolute Gasteiger partial charge is 0.308 e. The number of hydrogen-bond acceptors (Lipinski definition) is 6. The summed E-state index contributed by atoms with van der Waals surface area (Å²) < 4.78 is 4.78. The minimum atomic E-state index is -0.0455. The zero-order valence-corrected chi connectivity index (χ0v) is 12.6. The molecule has 0 bridgehead atoms. The standard InChI is InChI=1S/C13H14N4OS2/c1-17(6-3-9-2-5-14-20-9)8-11-15-10-4-7-19-12(10)13(18)16-11/h2,4-5,7H,3,6,8H2,1H3,(H,15,16,18). The molecule has 0 aromatic carbocycles. The normalized spacial score (nSPS) is 11.5. The van der Waals surface area contributed by atoms with Gasteiger partial charge < -0.3 is 4.98 Å². The molecule has 1 N–H and O–H groups in total. The van der Waals surface area contributed by atoms with Crippen molar-refractivity contribution in [3.8, 4) is 0 Å². The van der Waals surface area contributed by atoms with Crippen LogP contribution in [0.15, 0.2) is 28.5 Å². The first kappa shape index (κ1) is 13.4. The Morgan fingerprint density at radius 2 is 2.30 bits per heavy atom. The molecule has 0 fully saturated rings. The van der Waals surface area contributed by atoms with Crippen molar-refractivity contribution in [3.05, 3.63) is 44.8 Å². The third-order valence-electron chi connectivity index (χ3n) is 3.01. The van der Waals surface area contributed by atoms with E-state index < -0.39 is 0 Å². The Labute approximate surface area is 124 Å². The maximum absolute atomic E-state index is 11.9. The first-order valence-corrected chi connectivity index (χ1v) is 7.92. The van der Waals surface area contributed by atoms with Crippen molar-refractivity contribution in [3.63, 3.8) is 0 Å². The highest BCUT2D eigenvalue weighted by molar-refractivity contribution is 7.17. The van der Waals surface area contributed by atoms with Gasteiger partial charge in [-0.2, -0.15) is 0 Å². The highest BCUT2D eigenvalue weighted by Gasteiger charge is 2.07. The lowest BCUT2D eigenvalue weighted by Gasteiger charge is -2.15. The average Bonchev–Trinajstić information content (AvgIpc) is 3.07. The van der Waals surface area contributed by atoms with Crippen LogP contribution in [0.3, 0.4) is 0 Å². The van der Waals surface area contributed by atoms with Gasteiger partial charge in [0.05, 0.1) is 12.1 Å². The van der Waals surface area contributed by atoms with Crippen LogP contribution < -0.4 is 5.56 Å². The fraction of sp³-hybridized carbons (Fsp3) is 0.308. The van der Waals surface area contributed by atoms with Crippen LogP contribution >= 0.6 is 22.9 Å². The van der Waals surface area contributed by atoms with Crippen molar-refractivity contribution in [2.24, 2.45) is 0 Å². The van der Waals surface area contributed by atoms with Gasteiger partial charge in [0, 0.05) is 17.6 Å². The molecule has 0 spiro atoms. The summed E-state index contributed by atoms with van der Waals surface area (Å²) in [7, 11) is 2.03. The Hall–Kier alpha value is -1.57. The van der Waals surface area contributed by atoms with Crippen molar-refractivity contribution < 1.29 is 0 Å². The van der Waals surface area contributed by atoms with E-state index in [1.54, 1.807) is 0 Å². The van der Waals surface area contributed by atoms with Crippen LogP contribution in [0.1, 0.15) is 10.7 Å². The van der Waals surface area contributed by atoms with Gasteiger partial charge in [0.1, 0.15) is 10.5 Å². The summed E-state index contributed by atoms with van der Waals surface area (Å²) in [5, 5.41) is 1.89. The lowest BCUT2D eigenvalue weighted by atomic mass is 10.3. The molecule has 104 valence electrons. The van der Waals surface area contributed by atoms with Gasteiger partial charge in [0.15, 0.2) is 0 Å². The molecular weight excluding hydrogens is 292 g/mol. The van der Waals surface area contributed by atoms with Crippen molar-refractivity contribution in [2.45, 2.75) is 13.0 Å². The summed E-state index contributed by atoms with van der Waals surface area (Å²) in [6.07, 6.45) is 2.79. The summed E-state index contributed by atoms with van der Waals surface area (Å²) in [5.41, 5.74) is 0.737. The minimum absolute atomic E-state index is 0.0455. The van der Waals surface area contributed by atoms with Crippen molar-refractivity contribution in [1.29, 1.82) is 0 Å². The van der Waals surface area contributed by atoms with E-state index in [-0.39, 0.29) is 5.56 Å². The van der Waals surface area contributed by atoms with E-state index in [0.717, 1.165) is 18.5 Å². The van der Waals surface area contributed by atoms with Gasteiger partial charge in [-0.1, -0.05) is 0 Å². The van der Waals surface area contributed by atoms with Crippen LogP contribution in [0.25, 0.3) is 10.2 Å². The van der Waals surface area contributed by atoms with Gasteiger partial charge in [-0.3, -0.25) is 9.69 Å². The summed E-state index contributed by atoms with van der Waals surface area (Å²) in [6.45, 7) is 1.55. The van der Waals surface area contributed by atoms with Gasteiger partial charge in [-0.25, -0.2) is 9.36 Å². The van der Waals surface area contributed by atoms with Gasteiger partial charge in [-0.05, 0) is 42.5 Å². The summed E-state index contributed by atoms with van der Waals surface area (Å²) in [6, 6.07) is 3.92. The molecule has 0 radical (unpaired) electrons. The minimum Gasteiger partial charge on any atom is -0.308 e. The average molecular weight is 306 g/mol. The van der Waals surface area contributed by atoms with E-state index in [0.29, 0.717) is 17.1 Å². The van der Waals surface area contributed by atoms with Crippen LogP contribution in [0, 0.1) is 0 Å². The van der Waals surface area contributed by atoms with Gasteiger partial charge in [0.2, 0.25) is 0 Å². The molecule has 20 heavy (non-hydrogen) atoms. The molecule has 0 aliphatic heterocycles. The number of aromatic amines is 1. The third kappa shape index (κ3) is 2.95. The van der Waals surface area contributed by atoms with E-state index in [2.05, 4.69) is 19.2 Å². The van der Waals surface area contributed by atoms with Crippen LogP contribution in [-0.4, -0.2) is 32.8 Å². The van der Waals surface area contributed by atoms with E-state index in [9.17, 15) is 4.79 Å². The highest BCUT2D eigenvalue weighted by Crippen LogP contribution is 2.14. The summed E-state index contributed by atoms with van der Waals surface area (Å²) in [5.74, 6) is 0.715. The molecule has 0 amide bonds. The van der Waals surface area contributed by atoms with Gasteiger partial charge >= 0.3 is 0 Å². The number of rotatable bonds is 5. The first-order chi connectivity index (χ1) is 9.72. The van der Waals surface area contributed by atoms with Crippen LogP contribution in [0.5, 0.6) is 0 Å². The molecule has 7 heteroatoms. The van der Waals surface area contributed by atoms with E-state index in [1.165, 1.54) is 27.7 Å². The SMILES string of the molecule is CN(CCc1ccns1)Cc1nc2ccsc2c(=O)[nH]1. The van der Waals surface area contributed by atoms with E-state index in [1.807, 2.05) is 30.8 Å². The molecule has 3 aromatic rings. The zero-order chi connectivity index (χ0) is 13.9. The van der Waals surface area contributed by atoms with Crippen LogP contribution in [-0.2, 0) is 13.0 Å². The molecule has 3 rings (SSSR count). The Morgan fingerprint density at radius 3 is 3.10 bits per heavy atom.